The Labute approximate surface area is 86.2 Å². The molecule has 1 heterocycles. The summed E-state index contributed by atoms with van der Waals surface area (Å²) in [5.74, 6) is 0.160. The Hall–Kier alpha value is -0.830. The van der Waals surface area contributed by atoms with Gasteiger partial charge in [0.15, 0.2) is 0 Å². The molecule has 14 heavy (non-hydrogen) atoms. The number of hydrogen-bond donors (Lipinski definition) is 1. The van der Waals surface area contributed by atoms with Gasteiger partial charge in [0.2, 0.25) is 5.91 Å². The fraction of sp³-hybridized carbons (Fsp3) is 0.727. The molecule has 3 nitrogen and oxygen atoms in total. The zero-order chi connectivity index (χ0) is 10.4. The van der Waals surface area contributed by atoms with Crippen molar-refractivity contribution in [3.05, 3.63) is 12.2 Å². The third kappa shape index (κ3) is 3.92. The van der Waals surface area contributed by atoms with Gasteiger partial charge in [0.25, 0.3) is 0 Å². The van der Waals surface area contributed by atoms with Crippen LogP contribution in [0.15, 0.2) is 12.2 Å². The van der Waals surface area contributed by atoms with Crippen LogP contribution in [-0.2, 0) is 4.79 Å². The van der Waals surface area contributed by atoms with Crippen LogP contribution < -0.4 is 5.32 Å². The van der Waals surface area contributed by atoms with E-state index in [9.17, 15) is 4.79 Å². The van der Waals surface area contributed by atoms with Crippen molar-refractivity contribution in [3.8, 4) is 0 Å². The fourth-order valence-corrected chi connectivity index (χ4v) is 1.51. The Morgan fingerprint density at radius 1 is 1.43 bits per heavy atom. The van der Waals surface area contributed by atoms with Crippen molar-refractivity contribution in [2.24, 2.45) is 0 Å². The molecule has 1 aliphatic heterocycles. The van der Waals surface area contributed by atoms with Crippen LogP contribution in [0.4, 0.5) is 0 Å². The normalized spacial score (nSPS) is 17.2. The molecule has 0 radical (unpaired) electrons. The molecule has 1 rings (SSSR count). The van der Waals surface area contributed by atoms with Crippen LogP contribution in [0.1, 0.15) is 26.7 Å². The molecule has 1 amide bonds. The first kappa shape index (κ1) is 11.2. The molecule has 3 heteroatoms. The van der Waals surface area contributed by atoms with Gasteiger partial charge in [0.1, 0.15) is 0 Å². The standard InChI is InChI=1S/C11H20N2O/c1-10(2)12-7-5-6-11(14)13-8-3-4-9-13/h5-6,10,12H,3-4,7-9H2,1-2H3/b6-5+. The van der Waals surface area contributed by atoms with Gasteiger partial charge in [-0.3, -0.25) is 4.79 Å². The minimum Gasteiger partial charge on any atom is -0.339 e. The van der Waals surface area contributed by atoms with Gasteiger partial charge in [-0.25, -0.2) is 0 Å². The molecule has 0 aromatic heterocycles. The maximum Gasteiger partial charge on any atom is 0.246 e. The van der Waals surface area contributed by atoms with Crippen LogP contribution in [0.2, 0.25) is 0 Å². The molecule has 0 aromatic rings. The summed E-state index contributed by atoms with van der Waals surface area (Å²) in [6.07, 6.45) is 5.90. The third-order valence-corrected chi connectivity index (χ3v) is 2.32. The summed E-state index contributed by atoms with van der Waals surface area (Å²) in [5.41, 5.74) is 0. The van der Waals surface area contributed by atoms with E-state index in [-0.39, 0.29) is 5.91 Å². The zero-order valence-corrected chi connectivity index (χ0v) is 9.12. The number of nitrogens with one attached hydrogen (secondary N) is 1. The molecular weight excluding hydrogens is 176 g/mol. The van der Waals surface area contributed by atoms with Gasteiger partial charge in [-0.05, 0) is 12.8 Å². The molecule has 0 atom stereocenters. The van der Waals surface area contributed by atoms with Crippen LogP contribution in [0, 0.1) is 0 Å². The van der Waals surface area contributed by atoms with Gasteiger partial charge in [0.05, 0.1) is 0 Å². The van der Waals surface area contributed by atoms with Gasteiger partial charge >= 0.3 is 0 Å². The maximum absolute atomic E-state index is 11.5. The van der Waals surface area contributed by atoms with Crippen molar-refractivity contribution in [2.75, 3.05) is 19.6 Å². The van der Waals surface area contributed by atoms with E-state index in [2.05, 4.69) is 19.2 Å². The van der Waals surface area contributed by atoms with E-state index in [1.807, 2.05) is 11.0 Å². The van der Waals surface area contributed by atoms with Crippen molar-refractivity contribution in [2.45, 2.75) is 32.7 Å². The smallest absolute Gasteiger partial charge is 0.246 e. The van der Waals surface area contributed by atoms with Gasteiger partial charge in [-0.1, -0.05) is 19.9 Å². The second-order valence-electron chi connectivity index (χ2n) is 4.00. The molecule has 1 aliphatic rings. The van der Waals surface area contributed by atoms with Crippen molar-refractivity contribution >= 4 is 5.91 Å². The van der Waals surface area contributed by atoms with E-state index in [1.54, 1.807) is 6.08 Å². The molecule has 1 fully saturated rings. The predicted octanol–water partition coefficient (Wildman–Crippen LogP) is 1.16. The van der Waals surface area contributed by atoms with Crippen LogP contribution in [0.25, 0.3) is 0 Å². The number of nitrogens with zero attached hydrogens (tertiary/aromatic N) is 1. The van der Waals surface area contributed by atoms with E-state index in [0.29, 0.717) is 6.04 Å². The first-order valence-corrected chi connectivity index (χ1v) is 5.39. The highest BCUT2D eigenvalue weighted by Gasteiger charge is 2.14. The SMILES string of the molecule is CC(C)NC/C=C/C(=O)N1CCCC1. The number of carbonyl (C=O) groups is 1. The molecule has 1 N–H and O–H groups in total. The second-order valence-corrected chi connectivity index (χ2v) is 4.00. The van der Waals surface area contributed by atoms with E-state index in [0.717, 1.165) is 32.5 Å². The summed E-state index contributed by atoms with van der Waals surface area (Å²) in [7, 11) is 0. The molecule has 80 valence electrons. The van der Waals surface area contributed by atoms with Gasteiger partial charge in [-0.2, -0.15) is 0 Å². The zero-order valence-electron chi connectivity index (χ0n) is 9.12. The Balaban J connectivity index is 2.18. The highest BCUT2D eigenvalue weighted by Crippen LogP contribution is 2.07. The van der Waals surface area contributed by atoms with Crippen molar-refractivity contribution in [1.29, 1.82) is 0 Å². The van der Waals surface area contributed by atoms with Crippen molar-refractivity contribution in [3.63, 3.8) is 0 Å². The van der Waals surface area contributed by atoms with Gasteiger partial charge < -0.3 is 10.2 Å². The number of likely N-dealkylation sites (tertiary alicyclic amines) is 1. The Bertz CT molecular complexity index is 205. The van der Waals surface area contributed by atoms with Crippen LogP contribution in [0.5, 0.6) is 0 Å². The summed E-state index contributed by atoms with van der Waals surface area (Å²) in [6, 6.07) is 0.474. The Kier molecular flexibility index (Phi) is 4.66. The quantitative estimate of drug-likeness (QED) is 0.684. The third-order valence-electron chi connectivity index (χ3n) is 2.32. The lowest BCUT2D eigenvalue weighted by Gasteiger charge is -2.11. The Morgan fingerprint density at radius 3 is 2.64 bits per heavy atom. The minimum absolute atomic E-state index is 0.160. The van der Waals surface area contributed by atoms with Gasteiger partial charge in [-0.15, -0.1) is 0 Å². The summed E-state index contributed by atoms with van der Waals surface area (Å²) < 4.78 is 0. The van der Waals surface area contributed by atoms with E-state index < -0.39 is 0 Å². The van der Waals surface area contributed by atoms with Crippen molar-refractivity contribution in [1.82, 2.24) is 10.2 Å². The minimum atomic E-state index is 0.160. The summed E-state index contributed by atoms with van der Waals surface area (Å²) in [6.45, 7) is 6.82. The van der Waals surface area contributed by atoms with Crippen LogP contribution in [-0.4, -0.2) is 36.5 Å². The lowest BCUT2D eigenvalue weighted by Crippen LogP contribution is -2.26. The topological polar surface area (TPSA) is 32.3 Å². The van der Waals surface area contributed by atoms with Crippen molar-refractivity contribution < 1.29 is 4.79 Å². The lowest BCUT2D eigenvalue weighted by atomic mass is 10.3. The molecule has 0 unspecified atom stereocenters. The summed E-state index contributed by atoms with van der Waals surface area (Å²) in [5, 5.41) is 3.23. The second kappa shape index (κ2) is 5.81. The first-order chi connectivity index (χ1) is 6.70. The lowest BCUT2D eigenvalue weighted by molar-refractivity contribution is -0.125. The molecule has 0 spiro atoms. The molecule has 0 bridgehead atoms. The fourth-order valence-electron chi connectivity index (χ4n) is 1.51. The van der Waals surface area contributed by atoms with E-state index in [4.69, 9.17) is 0 Å². The highest BCUT2D eigenvalue weighted by atomic mass is 16.2. The monoisotopic (exact) mass is 196 g/mol. The number of rotatable bonds is 4. The van der Waals surface area contributed by atoms with Crippen LogP contribution in [0.3, 0.4) is 0 Å². The first-order valence-electron chi connectivity index (χ1n) is 5.39. The van der Waals surface area contributed by atoms with E-state index >= 15 is 0 Å². The molecule has 1 saturated heterocycles. The number of hydrogen-bond acceptors (Lipinski definition) is 2. The number of amides is 1. The largest absolute Gasteiger partial charge is 0.339 e. The average Bonchev–Trinajstić information content (AvgIpc) is 2.64. The average molecular weight is 196 g/mol. The van der Waals surface area contributed by atoms with E-state index in [1.165, 1.54) is 0 Å². The predicted molar refractivity (Wildman–Crippen MR) is 58.1 cm³/mol. The van der Waals surface area contributed by atoms with Gasteiger partial charge in [0, 0.05) is 31.8 Å². The molecule has 0 aliphatic carbocycles. The number of carbonyl (C=O) groups excluding carboxylic acids is 1. The summed E-state index contributed by atoms with van der Waals surface area (Å²) in [4.78, 5) is 13.4. The highest BCUT2D eigenvalue weighted by molar-refractivity contribution is 5.87. The molecular formula is C11H20N2O. The Morgan fingerprint density at radius 2 is 2.07 bits per heavy atom. The molecule has 0 aromatic carbocycles. The molecule has 0 saturated carbocycles. The summed E-state index contributed by atoms with van der Waals surface area (Å²) >= 11 is 0. The maximum atomic E-state index is 11.5. The van der Waals surface area contributed by atoms with Crippen LogP contribution >= 0.6 is 0 Å².